The van der Waals surface area contributed by atoms with Gasteiger partial charge >= 0.3 is 0 Å². The molecule has 1 saturated heterocycles. The van der Waals surface area contributed by atoms with Crippen molar-refractivity contribution in [2.75, 3.05) is 13.1 Å². The van der Waals surface area contributed by atoms with E-state index in [-0.39, 0.29) is 11.7 Å². The van der Waals surface area contributed by atoms with Crippen molar-refractivity contribution >= 4 is 11.7 Å². The van der Waals surface area contributed by atoms with Gasteiger partial charge in [-0.2, -0.15) is 0 Å². The highest BCUT2D eigenvalue weighted by Crippen LogP contribution is 2.08. The van der Waals surface area contributed by atoms with Crippen LogP contribution in [-0.2, 0) is 0 Å². The van der Waals surface area contributed by atoms with Gasteiger partial charge in [-0.15, -0.1) is 0 Å². The lowest BCUT2D eigenvalue weighted by molar-refractivity contribution is 0.318. The fourth-order valence-corrected chi connectivity index (χ4v) is 0.966. The van der Waals surface area contributed by atoms with Crippen LogP contribution >= 0.6 is 0 Å². The first-order valence-corrected chi connectivity index (χ1v) is 5.35. The minimum Gasteiger partial charge on any atom is -0.409 e. The van der Waals surface area contributed by atoms with Crippen molar-refractivity contribution in [3.63, 3.8) is 0 Å². The van der Waals surface area contributed by atoms with Gasteiger partial charge in [0.15, 0.2) is 0 Å². The summed E-state index contributed by atoms with van der Waals surface area (Å²) in [6.45, 7) is 7.82. The Morgan fingerprint density at radius 2 is 1.62 bits per heavy atom. The molecule has 0 amide bonds. The van der Waals surface area contributed by atoms with Crippen LogP contribution in [0.25, 0.3) is 0 Å². The third kappa shape index (κ3) is 23.0. The smallest absolute Gasteiger partial charge is 0.135 e. The van der Waals surface area contributed by atoms with E-state index in [4.69, 9.17) is 22.1 Å². The summed E-state index contributed by atoms with van der Waals surface area (Å²) in [5.74, 6) is 1.33. The Morgan fingerprint density at radius 1 is 1.31 bits per heavy atom. The van der Waals surface area contributed by atoms with Crippen molar-refractivity contribution in [1.82, 2.24) is 5.32 Å². The van der Waals surface area contributed by atoms with E-state index < -0.39 is 0 Å². The normalized spacial score (nSPS) is 16.3. The molecule has 1 aliphatic heterocycles. The number of hydrogen-bond donors (Lipinski definition) is 5. The molecule has 96 valence electrons. The lowest BCUT2D eigenvalue weighted by Crippen LogP contribution is -2.26. The monoisotopic (exact) mass is 231 g/mol. The van der Waals surface area contributed by atoms with Crippen LogP contribution < -0.4 is 16.8 Å². The summed E-state index contributed by atoms with van der Waals surface area (Å²) in [6, 6.07) is 0. The highest BCUT2D eigenvalue weighted by molar-refractivity contribution is 5.76. The first-order valence-electron chi connectivity index (χ1n) is 5.35. The van der Waals surface area contributed by atoms with Crippen LogP contribution in [0.5, 0.6) is 0 Å². The van der Waals surface area contributed by atoms with Gasteiger partial charge in [-0.3, -0.25) is 5.41 Å². The minimum absolute atomic E-state index is 0.167. The van der Waals surface area contributed by atoms with Gasteiger partial charge in [0.2, 0.25) is 0 Å². The highest BCUT2D eigenvalue weighted by atomic mass is 16.4. The number of hydrogen-bond acceptors (Lipinski definition) is 4. The zero-order chi connectivity index (χ0) is 13.0. The van der Waals surface area contributed by atoms with Crippen molar-refractivity contribution in [3.8, 4) is 0 Å². The first kappa shape index (κ1) is 17.1. The molecule has 0 aliphatic carbocycles. The van der Waals surface area contributed by atoms with Crippen molar-refractivity contribution in [1.29, 1.82) is 5.41 Å². The van der Waals surface area contributed by atoms with Crippen LogP contribution in [-0.4, -0.2) is 30.0 Å². The van der Waals surface area contributed by atoms with Gasteiger partial charge in [0.05, 0.1) is 5.84 Å². The summed E-state index contributed by atoms with van der Waals surface area (Å²) in [5, 5.41) is 19.8. The molecule has 1 fully saturated rings. The number of oxime groups is 1. The molecule has 6 heteroatoms. The average molecular weight is 231 g/mol. The van der Waals surface area contributed by atoms with Crippen molar-refractivity contribution in [2.24, 2.45) is 22.5 Å². The second-order valence-corrected chi connectivity index (χ2v) is 3.86. The standard InChI is InChI=1S/C6H13N.C2H6N2O.C2H6N2/c1-6-2-4-7-5-3-6;1-2(3)4-5;1-2(3)4/h6-7H,2-5H2,1H3;5H,1H3,(H2,3,4);1H3,(H3,3,4). The van der Waals surface area contributed by atoms with E-state index in [1.54, 1.807) is 0 Å². The Labute approximate surface area is 97.6 Å². The predicted octanol–water partition coefficient (Wildman–Crippen LogP) is 0.701. The lowest BCUT2D eigenvalue weighted by atomic mass is 10.0. The topological polar surface area (TPSA) is 121 Å². The Hall–Kier alpha value is -1.30. The molecule has 6 nitrogen and oxygen atoms in total. The number of rotatable bonds is 0. The van der Waals surface area contributed by atoms with Crippen LogP contribution in [0.3, 0.4) is 0 Å². The molecule has 0 aromatic rings. The summed E-state index contributed by atoms with van der Waals surface area (Å²) in [5.41, 5.74) is 9.49. The second kappa shape index (κ2) is 11.8. The summed E-state index contributed by atoms with van der Waals surface area (Å²) in [7, 11) is 0. The zero-order valence-corrected chi connectivity index (χ0v) is 10.5. The largest absolute Gasteiger partial charge is 0.409 e. The van der Waals surface area contributed by atoms with Crippen LogP contribution in [0.2, 0.25) is 0 Å². The molecule has 7 N–H and O–H groups in total. The van der Waals surface area contributed by atoms with E-state index in [1.807, 2.05) is 0 Å². The van der Waals surface area contributed by atoms with Crippen LogP contribution in [0.4, 0.5) is 0 Å². The molecule has 0 spiro atoms. The van der Waals surface area contributed by atoms with Crippen molar-refractivity contribution in [2.45, 2.75) is 33.6 Å². The Bertz CT molecular complexity index is 191. The molecule has 16 heavy (non-hydrogen) atoms. The van der Waals surface area contributed by atoms with Gasteiger partial charge in [0.1, 0.15) is 5.84 Å². The molecule has 1 rings (SSSR count). The van der Waals surface area contributed by atoms with Gasteiger partial charge in [0, 0.05) is 0 Å². The zero-order valence-electron chi connectivity index (χ0n) is 10.5. The average Bonchev–Trinajstić information content (AvgIpc) is 2.19. The maximum Gasteiger partial charge on any atom is 0.135 e. The SMILES string of the molecule is C/C(N)=N\O.CC(=N)N.CC1CCNCC1. The van der Waals surface area contributed by atoms with Gasteiger partial charge in [-0.25, -0.2) is 0 Å². The van der Waals surface area contributed by atoms with Crippen molar-refractivity contribution < 1.29 is 5.21 Å². The van der Waals surface area contributed by atoms with E-state index in [0.29, 0.717) is 0 Å². The molecule has 0 saturated carbocycles. The molecule has 0 radical (unpaired) electrons. The predicted molar refractivity (Wildman–Crippen MR) is 67.9 cm³/mol. The molecular formula is C10H25N5O. The lowest BCUT2D eigenvalue weighted by Gasteiger charge is -2.17. The van der Waals surface area contributed by atoms with Gasteiger partial charge in [-0.1, -0.05) is 12.1 Å². The van der Waals surface area contributed by atoms with Crippen LogP contribution in [0.1, 0.15) is 33.6 Å². The maximum absolute atomic E-state index is 7.61. The number of nitrogens with two attached hydrogens (primary N) is 2. The molecule has 0 bridgehead atoms. The van der Waals surface area contributed by atoms with Crippen LogP contribution in [0, 0.1) is 11.3 Å². The second-order valence-electron chi connectivity index (χ2n) is 3.86. The Kier molecular flexibility index (Phi) is 12.6. The first-order chi connectivity index (χ1) is 7.40. The maximum atomic E-state index is 7.61. The van der Waals surface area contributed by atoms with Gasteiger partial charge < -0.3 is 22.0 Å². The van der Waals surface area contributed by atoms with Crippen LogP contribution in [0.15, 0.2) is 5.16 Å². The Morgan fingerprint density at radius 3 is 1.75 bits per heavy atom. The minimum atomic E-state index is 0.167. The number of amidine groups is 2. The third-order valence-electron chi connectivity index (χ3n) is 1.79. The summed E-state index contributed by atoms with van der Waals surface area (Å²) in [6.07, 6.45) is 2.75. The molecule has 1 aliphatic rings. The van der Waals surface area contributed by atoms with E-state index in [0.717, 1.165) is 5.92 Å². The summed E-state index contributed by atoms with van der Waals surface area (Å²) < 4.78 is 0. The molecular weight excluding hydrogens is 206 g/mol. The fraction of sp³-hybridized carbons (Fsp3) is 0.800. The molecule has 0 atom stereocenters. The highest BCUT2D eigenvalue weighted by Gasteiger charge is 2.04. The fourth-order valence-electron chi connectivity index (χ4n) is 0.966. The number of nitrogens with one attached hydrogen (secondary N) is 2. The van der Waals surface area contributed by atoms with Gasteiger partial charge in [0.25, 0.3) is 0 Å². The van der Waals surface area contributed by atoms with E-state index >= 15 is 0 Å². The molecule has 1 heterocycles. The van der Waals surface area contributed by atoms with Gasteiger partial charge in [-0.05, 0) is 45.7 Å². The van der Waals surface area contributed by atoms with E-state index in [1.165, 1.54) is 39.8 Å². The van der Waals surface area contributed by atoms with E-state index in [9.17, 15) is 0 Å². The molecule has 0 aromatic carbocycles. The molecule has 0 unspecified atom stereocenters. The number of piperidine rings is 1. The third-order valence-corrected chi connectivity index (χ3v) is 1.79. The quantitative estimate of drug-likeness (QED) is 0.182. The number of nitrogens with zero attached hydrogens (tertiary/aromatic N) is 1. The summed E-state index contributed by atoms with van der Waals surface area (Å²) >= 11 is 0. The van der Waals surface area contributed by atoms with Crippen molar-refractivity contribution in [3.05, 3.63) is 0 Å². The summed E-state index contributed by atoms with van der Waals surface area (Å²) in [4.78, 5) is 0. The molecule has 0 aromatic heterocycles. The van der Waals surface area contributed by atoms with E-state index in [2.05, 4.69) is 17.4 Å². The Balaban J connectivity index is 0.